The Hall–Kier alpha value is -10.3. The Morgan fingerprint density at radius 2 is 0.465 bits per heavy atom. The first kappa shape index (κ1) is 90.9. The molecule has 6 nitrogen and oxygen atoms in total. The van der Waals surface area contributed by atoms with Gasteiger partial charge in [-0.15, -0.1) is 213 Å². The molecule has 0 unspecified atom stereocenters. The van der Waals surface area contributed by atoms with Crippen LogP contribution >= 0.6 is 0 Å². The van der Waals surface area contributed by atoms with E-state index in [4.69, 9.17) is 0 Å². The van der Waals surface area contributed by atoms with E-state index >= 15 is 0 Å². The molecule has 0 aliphatic rings. The minimum absolute atomic E-state index is 0. The van der Waals surface area contributed by atoms with Gasteiger partial charge < -0.3 is 29.9 Å². The molecule has 6 heterocycles. The average Bonchev–Trinajstić information content (AvgIpc) is 0.822. The van der Waals surface area contributed by atoms with Crippen LogP contribution in [0.15, 0.2) is 365 Å². The van der Waals surface area contributed by atoms with Gasteiger partial charge >= 0.3 is 0 Å². The van der Waals surface area contributed by atoms with Crippen LogP contribution in [0.1, 0.15) is 103 Å². The van der Waals surface area contributed by atoms with E-state index in [0.29, 0.717) is 11.8 Å². The van der Waals surface area contributed by atoms with E-state index < -0.39 is 0 Å². The van der Waals surface area contributed by atoms with Crippen LogP contribution in [0, 0.1) is 36.4 Å². The Kier molecular flexibility index (Phi) is 36.8. The molecule has 4 radical (unpaired) electrons. The van der Waals surface area contributed by atoms with Crippen LogP contribution in [-0.4, -0.2) is 29.9 Å². The van der Waals surface area contributed by atoms with E-state index in [1.807, 2.05) is 158 Å². The van der Waals surface area contributed by atoms with Crippen molar-refractivity contribution in [2.24, 2.45) is 0 Å². The summed E-state index contributed by atoms with van der Waals surface area (Å²) in [6.07, 6.45) is 11.1. The molecule has 10 aromatic carbocycles. The van der Waals surface area contributed by atoms with Crippen molar-refractivity contribution >= 4 is 0 Å². The maximum absolute atomic E-state index is 4.53. The minimum atomic E-state index is 0. The van der Waals surface area contributed by atoms with Gasteiger partial charge in [-0.05, 0) is 127 Å². The van der Waals surface area contributed by atoms with Gasteiger partial charge in [-0.3, -0.25) is 0 Å². The fourth-order valence-corrected chi connectivity index (χ4v) is 11.8. The van der Waals surface area contributed by atoms with Crippen LogP contribution in [0.25, 0.3) is 112 Å². The third kappa shape index (κ3) is 27.5. The van der Waals surface area contributed by atoms with Crippen molar-refractivity contribution in [3.8, 4) is 112 Å². The van der Waals surface area contributed by atoms with Gasteiger partial charge in [0.05, 0.1) is 0 Å². The van der Waals surface area contributed by atoms with E-state index in [-0.39, 0.29) is 91.3 Å². The van der Waals surface area contributed by atoms with Crippen molar-refractivity contribution in [3.63, 3.8) is 0 Å². The van der Waals surface area contributed by atoms with Gasteiger partial charge in [0, 0.05) is 118 Å². The monoisotopic (exact) mass is 2200 g/mol. The fraction of sp³-hybridized carbons (Fsp3) is 0.135. The maximum atomic E-state index is 4.53. The summed E-state index contributed by atoms with van der Waals surface area (Å²) < 4.78 is 0. The second-order valence-electron chi connectivity index (χ2n) is 29.0. The second kappa shape index (κ2) is 46.2. The molecule has 114 heavy (non-hydrogen) atoms. The third-order valence-corrected chi connectivity index (χ3v) is 18.2. The molecule has 0 atom stereocenters. The average molecular weight is 2190 g/mol. The van der Waals surface area contributed by atoms with Crippen molar-refractivity contribution in [2.45, 2.75) is 91.9 Å². The summed E-state index contributed by atoms with van der Waals surface area (Å²) in [5.74, 6) is 1.01. The largest absolute Gasteiger partial charge is 0.305 e. The quantitative estimate of drug-likeness (QED) is 0.113. The molecular weight excluding hydrogens is 2100 g/mol. The Labute approximate surface area is 731 Å². The Morgan fingerprint density at radius 1 is 0.211 bits per heavy atom. The first-order valence-electron chi connectivity index (χ1n) is 37.4. The smallest absolute Gasteiger partial charge is 0.0163 e. The molecule has 0 saturated carbocycles. The Morgan fingerprint density at radius 3 is 0.719 bits per heavy atom. The second-order valence-corrected chi connectivity index (χ2v) is 29.0. The molecule has 580 valence electrons. The number of hydrogen-bond acceptors (Lipinski definition) is 6. The summed E-state index contributed by atoms with van der Waals surface area (Å²) in [6, 6.07) is 130. The molecule has 0 amide bonds. The van der Waals surface area contributed by atoms with Gasteiger partial charge in [0.1, 0.15) is 0 Å². The number of hydrogen-bond donors (Lipinski definition) is 0. The van der Waals surface area contributed by atoms with Gasteiger partial charge in [0.2, 0.25) is 0 Å². The van der Waals surface area contributed by atoms with E-state index in [1.165, 1.54) is 66.8 Å². The summed E-state index contributed by atoms with van der Waals surface area (Å²) in [5.41, 5.74) is 27.2. The van der Waals surface area contributed by atoms with Crippen LogP contribution in [0.2, 0.25) is 0 Å². The molecule has 16 aromatic rings. The normalized spacial score (nSPS) is 10.4. The van der Waals surface area contributed by atoms with Crippen molar-refractivity contribution in [3.05, 3.63) is 423 Å². The first-order valence-corrected chi connectivity index (χ1v) is 37.4. The van der Waals surface area contributed by atoms with Crippen LogP contribution in [-0.2, 0) is 91.3 Å². The molecule has 0 spiro atoms. The molecule has 0 N–H and O–H groups in total. The maximum Gasteiger partial charge on any atom is 0.0163 e. The molecular formula is C104H92Ir4N6-6. The van der Waals surface area contributed by atoms with Crippen molar-refractivity contribution in [1.82, 2.24) is 29.9 Å². The number of aromatic nitrogens is 6. The number of pyridine rings is 6. The molecule has 16 rings (SSSR count). The Bertz CT molecular complexity index is 5020. The van der Waals surface area contributed by atoms with Gasteiger partial charge in [0.15, 0.2) is 0 Å². The SMILES string of the molecule is CC(C)(C)c1ccnc(-c2[c-]ccc(-c3ccccc3)c2)c1.CC(C)(C)c1ccnc(-c2[c-]ccc(-c3ccccc3)c2)c1.CC(C)c1ccnc(-c2[c-]ccc(-c3ccccc3)c2)c1.CC(C)c1ccnc(-c2[c-]ccc(-c3ccccc3)c2)c1.[Ir].[Ir].[Ir].[Ir].[c-]1ccccc1-c1ccccn1.[c-]1ccccc1-c1ccccn1. The summed E-state index contributed by atoms with van der Waals surface area (Å²) in [7, 11) is 0. The van der Waals surface area contributed by atoms with Crippen LogP contribution in [0.3, 0.4) is 0 Å². The van der Waals surface area contributed by atoms with Crippen LogP contribution in [0.5, 0.6) is 0 Å². The van der Waals surface area contributed by atoms with Gasteiger partial charge in [-0.25, -0.2) is 0 Å². The number of benzene rings is 10. The zero-order valence-corrected chi connectivity index (χ0v) is 75.4. The summed E-state index contributed by atoms with van der Waals surface area (Å²) in [6.45, 7) is 22.1. The van der Waals surface area contributed by atoms with E-state index in [1.54, 1.807) is 12.4 Å². The molecule has 0 fully saturated rings. The third-order valence-electron chi connectivity index (χ3n) is 18.2. The summed E-state index contributed by atoms with van der Waals surface area (Å²) in [4.78, 5) is 26.5. The van der Waals surface area contributed by atoms with E-state index in [2.05, 4.69) is 330 Å². The standard InChI is InChI=1S/2C21H20N.2C20H18N.2C11H8N.4Ir/c2*1-21(2,3)19-12-13-22-20(15-19)18-11-7-10-17(14-18)16-8-5-4-6-9-16;2*1-15(2)17-11-12-21-20(14-17)19-10-6-9-18(13-19)16-7-4-3-5-8-16;2*1-2-6-10(7-3-1)11-8-4-5-9-12-11;;;;/h2*4-10,12-15H,1-3H3;2*3-9,11-15H,1-2H3;2*1-6,8-9H;;;;/q6*-1;;;;. The number of rotatable bonds is 12. The van der Waals surface area contributed by atoms with Gasteiger partial charge in [-0.1, -0.05) is 250 Å². The van der Waals surface area contributed by atoms with Crippen LogP contribution in [0.4, 0.5) is 0 Å². The summed E-state index contributed by atoms with van der Waals surface area (Å²) in [5, 5.41) is 0. The van der Waals surface area contributed by atoms with Gasteiger partial charge in [-0.2, -0.15) is 0 Å². The zero-order chi connectivity index (χ0) is 76.9. The first-order chi connectivity index (χ1) is 53.5. The van der Waals surface area contributed by atoms with Crippen molar-refractivity contribution < 1.29 is 80.4 Å². The number of nitrogens with zero attached hydrogens (tertiary/aromatic N) is 6. The van der Waals surface area contributed by atoms with Gasteiger partial charge in [0.25, 0.3) is 0 Å². The topological polar surface area (TPSA) is 77.3 Å². The van der Waals surface area contributed by atoms with Crippen LogP contribution < -0.4 is 0 Å². The molecule has 6 aromatic heterocycles. The van der Waals surface area contributed by atoms with E-state index in [9.17, 15) is 0 Å². The van der Waals surface area contributed by atoms with Crippen molar-refractivity contribution in [1.29, 1.82) is 0 Å². The van der Waals surface area contributed by atoms with Crippen molar-refractivity contribution in [2.75, 3.05) is 0 Å². The zero-order valence-electron chi connectivity index (χ0n) is 65.8. The fourth-order valence-electron chi connectivity index (χ4n) is 11.8. The predicted octanol–water partition coefficient (Wildman–Crippen LogP) is 26.8. The Balaban J connectivity index is 0.000000191. The minimum Gasteiger partial charge on any atom is -0.305 e. The molecule has 0 saturated heterocycles. The predicted molar refractivity (Wildman–Crippen MR) is 458 cm³/mol. The molecule has 0 aliphatic carbocycles. The molecule has 0 aliphatic heterocycles. The summed E-state index contributed by atoms with van der Waals surface area (Å²) >= 11 is 0. The molecule has 0 bridgehead atoms. The molecule has 10 heteroatoms. The van der Waals surface area contributed by atoms with E-state index in [0.717, 1.165) is 67.5 Å².